The van der Waals surface area contributed by atoms with Crippen LogP contribution in [0.25, 0.3) is 0 Å². The molecule has 2 aromatic rings. The van der Waals surface area contributed by atoms with Crippen molar-refractivity contribution in [2.24, 2.45) is 5.92 Å². The van der Waals surface area contributed by atoms with E-state index in [1.165, 1.54) is 0 Å². The first-order valence-electron chi connectivity index (χ1n) is 9.25. The highest BCUT2D eigenvalue weighted by atomic mass is 35.5. The molecule has 1 N–H and O–H groups in total. The molecule has 1 aliphatic heterocycles. The van der Waals surface area contributed by atoms with Crippen LogP contribution in [0.2, 0.25) is 5.02 Å². The first kappa shape index (κ1) is 20.1. The molecular weight excluding hydrogens is 376 g/mol. The highest BCUT2D eigenvalue weighted by molar-refractivity contribution is 6.34. The molecule has 0 saturated carbocycles. The Balaban J connectivity index is 1.95. The summed E-state index contributed by atoms with van der Waals surface area (Å²) < 4.78 is 0. The van der Waals surface area contributed by atoms with E-state index in [0.29, 0.717) is 28.3 Å². The topological polar surface area (TPSA) is 66.5 Å². The quantitative estimate of drug-likeness (QED) is 0.748. The van der Waals surface area contributed by atoms with Crippen molar-refractivity contribution in [3.8, 4) is 0 Å². The van der Waals surface area contributed by atoms with Crippen molar-refractivity contribution >= 4 is 35.0 Å². The summed E-state index contributed by atoms with van der Waals surface area (Å²) in [5.74, 6) is -1.19. The van der Waals surface area contributed by atoms with Gasteiger partial charge in [-0.25, -0.2) is 0 Å². The Kier molecular flexibility index (Phi) is 5.57. The molecule has 146 valence electrons. The van der Waals surface area contributed by atoms with Gasteiger partial charge in [0.2, 0.25) is 5.91 Å². The van der Waals surface area contributed by atoms with Gasteiger partial charge in [-0.3, -0.25) is 19.3 Å². The van der Waals surface area contributed by atoms with Crippen molar-refractivity contribution in [1.82, 2.24) is 4.90 Å². The lowest BCUT2D eigenvalue weighted by Gasteiger charge is -2.27. The summed E-state index contributed by atoms with van der Waals surface area (Å²) in [6, 6.07) is 9.41. The maximum Gasteiger partial charge on any atom is 0.262 e. The zero-order chi connectivity index (χ0) is 20.6. The van der Waals surface area contributed by atoms with E-state index in [0.717, 1.165) is 16.0 Å². The normalized spacial score (nSPS) is 14.4. The van der Waals surface area contributed by atoms with Crippen LogP contribution in [0.3, 0.4) is 0 Å². The Labute approximate surface area is 169 Å². The number of aryl methyl sites for hydroxylation is 2. The van der Waals surface area contributed by atoms with Gasteiger partial charge in [0.1, 0.15) is 6.04 Å². The minimum atomic E-state index is -0.913. The fraction of sp³-hybridized carbons (Fsp3) is 0.318. The van der Waals surface area contributed by atoms with Crippen LogP contribution in [0.5, 0.6) is 0 Å². The molecule has 1 heterocycles. The van der Waals surface area contributed by atoms with E-state index in [4.69, 9.17) is 11.6 Å². The number of halogens is 1. The van der Waals surface area contributed by atoms with Crippen molar-refractivity contribution < 1.29 is 14.4 Å². The van der Waals surface area contributed by atoms with E-state index < -0.39 is 23.8 Å². The van der Waals surface area contributed by atoms with Gasteiger partial charge >= 0.3 is 0 Å². The number of anilines is 1. The number of benzene rings is 2. The molecule has 0 unspecified atom stereocenters. The van der Waals surface area contributed by atoms with E-state index in [1.54, 1.807) is 30.3 Å². The molecule has 2 aromatic carbocycles. The third-order valence-corrected chi connectivity index (χ3v) is 5.11. The predicted octanol–water partition coefficient (Wildman–Crippen LogP) is 4.61. The van der Waals surface area contributed by atoms with Crippen LogP contribution in [0, 0.1) is 19.8 Å². The average molecular weight is 399 g/mol. The molecule has 0 bridgehead atoms. The van der Waals surface area contributed by atoms with E-state index in [1.807, 2.05) is 33.8 Å². The lowest BCUT2D eigenvalue weighted by Crippen LogP contribution is -2.48. The highest BCUT2D eigenvalue weighted by Crippen LogP contribution is 2.30. The summed E-state index contributed by atoms with van der Waals surface area (Å²) in [5.41, 5.74) is 2.98. The number of amides is 3. The van der Waals surface area contributed by atoms with Crippen LogP contribution in [-0.2, 0) is 4.79 Å². The van der Waals surface area contributed by atoms with E-state index in [2.05, 4.69) is 5.32 Å². The second-order valence-electron chi connectivity index (χ2n) is 7.60. The van der Waals surface area contributed by atoms with Gasteiger partial charge in [-0.05, 0) is 55.5 Å². The third-order valence-electron chi connectivity index (χ3n) is 4.81. The van der Waals surface area contributed by atoms with Gasteiger partial charge in [0.05, 0.1) is 21.8 Å². The zero-order valence-electron chi connectivity index (χ0n) is 16.4. The number of nitrogens with zero attached hydrogens (tertiary/aromatic N) is 1. The molecule has 1 atom stereocenters. The predicted molar refractivity (Wildman–Crippen MR) is 110 cm³/mol. The van der Waals surface area contributed by atoms with Gasteiger partial charge in [0.15, 0.2) is 0 Å². The van der Waals surface area contributed by atoms with Crippen molar-refractivity contribution in [3.63, 3.8) is 0 Å². The average Bonchev–Trinajstić information content (AvgIpc) is 2.87. The van der Waals surface area contributed by atoms with Crippen molar-refractivity contribution in [2.75, 3.05) is 5.32 Å². The standard InChI is InChI=1S/C22H23ClN2O3/c1-12(2)9-18(20(26)24-19-14(4)10-13(3)11-17(19)23)25-21(27)15-7-5-6-8-16(15)22(25)28/h5-8,10-12,18H,9H2,1-4H3,(H,24,26)/t18-/m0/s1. The van der Waals surface area contributed by atoms with Crippen LogP contribution in [0.4, 0.5) is 5.69 Å². The molecular formula is C22H23ClN2O3. The summed E-state index contributed by atoms with van der Waals surface area (Å²) >= 11 is 6.32. The SMILES string of the molecule is Cc1cc(C)c(NC(=O)[C@H](CC(C)C)N2C(=O)c3ccccc3C2=O)c(Cl)c1. The number of rotatable bonds is 5. The summed E-state index contributed by atoms with van der Waals surface area (Å²) in [5, 5.41) is 3.27. The minimum absolute atomic E-state index is 0.106. The number of fused-ring (bicyclic) bond motifs is 1. The zero-order valence-corrected chi connectivity index (χ0v) is 17.1. The number of carbonyl (C=O) groups excluding carboxylic acids is 3. The molecule has 0 aliphatic carbocycles. The molecule has 0 fully saturated rings. The largest absolute Gasteiger partial charge is 0.323 e. The Hall–Kier alpha value is -2.66. The van der Waals surface area contributed by atoms with Crippen LogP contribution in [0.15, 0.2) is 36.4 Å². The molecule has 5 nitrogen and oxygen atoms in total. The van der Waals surface area contributed by atoms with E-state index in [9.17, 15) is 14.4 Å². The number of carbonyl (C=O) groups is 3. The summed E-state index contributed by atoms with van der Waals surface area (Å²) in [7, 11) is 0. The monoisotopic (exact) mass is 398 g/mol. The molecule has 0 radical (unpaired) electrons. The Morgan fingerprint density at radius 3 is 2.14 bits per heavy atom. The van der Waals surface area contributed by atoms with E-state index in [-0.39, 0.29) is 5.92 Å². The number of nitrogens with one attached hydrogen (secondary N) is 1. The number of imide groups is 1. The first-order valence-corrected chi connectivity index (χ1v) is 9.63. The summed E-state index contributed by atoms with van der Waals surface area (Å²) in [6.45, 7) is 7.67. The van der Waals surface area contributed by atoms with Gasteiger partial charge in [0.25, 0.3) is 11.8 Å². The first-order chi connectivity index (χ1) is 13.2. The maximum absolute atomic E-state index is 13.2. The third kappa shape index (κ3) is 3.67. The Morgan fingerprint density at radius 1 is 1.07 bits per heavy atom. The smallest absolute Gasteiger partial charge is 0.262 e. The highest BCUT2D eigenvalue weighted by Gasteiger charge is 2.42. The van der Waals surface area contributed by atoms with Gasteiger partial charge in [-0.1, -0.05) is 43.6 Å². The van der Waals surface area contributed by atoms with Crippen LogP contribution in [-0.4, -0.2) is 28.7 Å². The lowest BCUT2D eigenvalue weighted by molar-refractivity contribution is -0.120. The summed E-state index contributed by atoms with van der Waals surface area (Å²) in [6.07, 6.45) is 0.361. The fourth-order valence-electron chi connectivity index (χ4n) is 3.55. The Morgan fingerprint density at radius 2 is 1.64 bits per heavy atom. The molecule has 6 heteroatoms. The Bertz CT molecular complexity index is 910. The molecule has 0 spiro atoms. The second kappa shape index (κ2) is 7.76. The lowest BCUT2D eigenvalue weighted by atomic mass is 10.0. The molecule has 3 amide bonds. The number of hydrogen-bond acceptors (Lipinski definition) is 3. The minimum Gasteiger partial charge on any atom is -0.323 e. The van der Waals surface area contributed by atoms with Gasteiger partial charge in [-0.15, -0.1) is 0 Å². The molecule has 28 heavy (non-hydrogen) atoms. The fourth-order valence-corrected chi connectivity index (χ4v) is 3.92. The van der Waals surface area contributed by atoms with Gasteiger partial charge in [0, 0.05) is 0 Å². The molecule has 3 rings (SSSR count). The van der Waals surface area contributed by atoms with Crippen molar-refractivity contribution in [2.45, 2.75) is 40.2 Å². The second-order valence-corrected chi connectivity index (χ2v) is 8.01. The number of hydrogen-bond donors (Lipinski definition) is 1. The van der Waals surface area contributed by atoms with Crippen LogP contribution in [0.1, 0.15) is 52.1 Å². The molecule has 1 aliphatic rings. The van der Waals surface area contributed by atoms with Gasteiger partial charge in [-0.2, -0.15) is 0 Å². The van der Waals surface area contributed by atoms with Crippen LogP contribution >= 0.6 is 11.6 Å². The summed E-state index contributed by atoms with van der Waals surface area (Å²) in [4.78, 5) is 40.0. The van der Waals surface area contributed by atoms with Crippen molar-refractivity contribution in [3.05, 3.63) is 63.7 Å². The van der Waals surface area contributed by atoms with Crippen molar-refractivity contribution in [1.29, 1.82) is 0 Å². The van der Waals surface area contributed by atoms with E-state index >= 15 is 0 Å². The maximum atomic E-state index is 13.2. The van der Waals surface area contributed by atoms with Crippen LogP contribution < -0.4 is 5.32 Å². The molecule has 0 aromatic heterocycles. The van der Waals surface area contributed by atoms with Gasteiger partial charge < -0.3 is 5.32 Å². The molecule has 0 saturated heterocycles.